The summed E-state index contributed by atoms with van der Waals surface area (Å²) in [6, 6.07) is 10.2. The van der Waals surface area contributed by atoms with Crippen LogP contribution in [0, 0.1) is 11.8 Å². The number of rotatable bonds is 2. The highest BCUT2D eigenvalue weighted by Gasteiger charge is 1.93. The summed E-state index contributed by atoms with van der Waals surface area (Å²) in [5.74, 6) is 6.34. The van der Waals surface area contributed by atoms with Crippen molar-refractivity contribution in [1.82, 2.24) is 4.98 Å². The van der Waals surface area contributed by atoms with Crippen molar-refractivity contribution in [2.75, 3.05) is 0 Å². The molecule has 0 bridgehead atoms. The van der Waals surface area contributed by atoms with Crippen molar-refractivity contribution >= 4 is 10.9 Å². The lowest BCUT2D eigenvalue weighted by molar-refractivity contribution is 0.828. The van der Waals surface area contributed by atoms with Gasteiger partial charge in [-0.3, -0.25) is 4.98 Å². The zero-order valence-corrected chi connectivity index (χ0v) is 9.53. The number of pyridine rings is 1. The van der Waals surface area contributed by atoms with Crippen LogP contribution in [0.3, 0.4) is 0 Å². The number of hydrogen-bond donors (Lipinski definition) is 0. The molecule has 0 spiro atoms. The van der Waals surface area contributed by atoms with Gasteiger partial charge in [-0.25, -0.2) is 0 Å². The van der Waals surface area contributed by atoms with Crippen molar-refractivity contribution in [3.63, 3.8) is 0 Å². The lowest BCUT2D eigenvalue weighted by Crippen LogP contribution is -1.81. The molecule has 0 saturated carbocycles. The quantitative estimate of drug-likeness (QED) is 0.542. The molecule has 1 heterocycles. The zero-order valence-electron chi connectivity index (χ0n) is 9.53. The molecule has 1 nitrogen and oxygen atoms in total. The average Bonchev–Trinajstić information content (AvgIpc) is 2.34. The maximum Gasteiger partial charge on any atom is 0.0702 e. The third kappa shape index (κ3) is 2.61. The summed E-state index contributed by atoms with van der Waals surface area (Å²) in [5, 5.41) is 1.16. The van der Waals surface area contributed by atoms with Gasteiger partial charge in [-0.15, -0.1) is 0 Å². The van der Waals surface area contributed by atoms with Crippen LogP contribution in [0.5, 0.6) is 0 Å². The molecule has 2 rings (SSSR count). The monoisotopic (exact) mass is 209 g/mol. The highest BCUT2D eigenvalue weighted by molar-refractivity contribution is 5.79. The van der Waals surface area contributed by atoms with E-state index in [2.05, 4.69) is 35.9 Å². The Morgan fingerprint density at radius 1 is 1.25 bits per heavy atom. The van der Waals surface area contributed by atoms with Crippen molar-refractivity contribution in [2.24, 2.45) is 0 Å². The largest absolute Gasteiger partial charge is 0.255 e. The van der Waals surface area contributed by atoms with Crippen molar-refractivity contribution in [3.05, 3.63) is 42.1 Å². The fourth-order valence-corrected chi connectivity index (χ4v) is 1.57. The van der Waals surface area contributed by atoms with Gasteiger partial charge < -0.3 is 0 Å². The minimum Gasteiger partial charge on any atom is -0.255 e. The van der Waals surface area contributed by atoms with E-state index in [4.69, 9.17) is 0 Å². The summed E-state index contributed by atoms with van der Waals surface area (Å²) in [4.78, 5) is 4.38. The van der Waals surface area contributed by atoms with E-state index >= 15 is 0 Å². The first-order chi connectivity index (χ1) is 7.90. The Balaban J connectivity index is 2.21. The summed E-state index contributed by atoms with van der Waals surface area (Å²) in [7, 11) is 0. The fraction of sp³-hybridized carbons (Fsp3) is 0.267. The van der Waals surface area contributed by atoms with Crippen LogP contribution in [-0.2, 0) is 0 Å². The normalized spacial score (nSPS) is 9.81. The molecule has 0 aliphatic heterocycles. The summed E-state index contributed by atoms with van der Waals surface area (Å²) in [6.45, 7) is 2.18. The van der Waals surface area contributed by atoms with Gasteiger partial charge in [-0.1, -0.05) is 43.4 Å². The summed E-state index contributed by atoms with van der Waals surface area (Å²) in [6.07, 6.45) is 5.20. The van der Waals surface area contributed by atoms with Gasteiger partial charge in [0.2, 0.25) is 0 Å². The number of para-hydroxylation sites is 1. The van der Waals surface area contributed by atoms with E-state index in [9.17, 15) is 0 Å². The molecule has 0 amide bonds. The van der Waals surface area contributed by atoms with Crippen LogP contribution < -0.4 is 0 Å². The van der Waals surface area contributed by atoms with Gasteiger partial charge in [0.1, 0.15) is 0 Å². The molecule has 0 fully saturated rings. The Morgan fingerprint density at radius 3 is 3.00 bits per heavy atom. The lowest BCUT2D eigenvalue weighted by Gasteiger charge is -1.96. The maximum atomic E-state index is 4.38. The minimum absolute atomic E-state index is 0.976. The fourth-order valence-electron chi connectivity index (χ4n) is 1.57. The first kappa shape index (κ1) is 10.7. The first-order valence-electron chi connectivity index (χ1n) is 5.74. The maximum absolute atomic E-state index is 4.38. The van der Waals surface area contributed by atoms with Crippen molar-refractivity contribution < 1.29 is 0 Å². The standard InChI is InChI=1S/C15H15N/c1-2-3-4-5-8-13-11-14-9-6-7-10-15(14)16-12-13/h6-7,9-12H,2-4H2,1H3. The van der Waals surface area contributed by atoms with E-state index in [0.717, 1.165) is 22.9 Å². The molecule has 1 aromatic heterocycles. The van der Waals surface area contributed by atoms with Gasteiger partial charge in [0, 0.05) is 23.6 Å². The van der Waals surface area contributed by atoms with Gasteiger partial charge in [0.15, 0.2) is 0 Å². The third-order valence-corrected chi connectivity index (χ3v) is 2.48. The zero-order chi connectivity index (χ0) is 11.2. The second-order valence-corrected chi connectivity index (χ2v) is 3.82. The molecular weight excluding hydrogens is 194 g/mol. The molecule has 16 heavy (non-hydrogen) atoms. The van der Waals surface area contributed by atoms with E-state index in [0.29, 0.717) is 0 Å². The Morgan fingerprint density at radius 2 is 2.12 bits per heavy atom. The number of nitrogens with zero attached hydrogens (tertiary/aromatic N) is 1. The van der Waals surface area contributed by atoms with E-state index in [-0.39, 0.29) is 0 Å². The van der Waals surface area contributed by atoms with Crippen LogP contribution >= 0.6 is 0 Å². The second-order valence-electron chi connectivity index (χ2n) is 3.82. The first-order valence-corrected chi connectivity index (χ1v) is 5.74. The Bertz CT molecular complexity index is 532. The summed E-state index contributed by atoms with van der Waals surface area (Å²) >= 11 is 0. The summed E-state index contributed by atoms with van der Waals surface area (Å²) < 4.78 is 0. The summed E-state index contributed by atoms with van der Waals surface area (Å²) in [5.41, 5.74) is 2.04. The van der Waals surface area contributed by atoms with Crippen molar-refractivity contribution in [3.8, 4) is 11.8 Å². The smallest absolute Gasteiger partial charge is 0.0702 e. The minimum atomic E-state index is 0.976. The number of aromatic nitrogens is 1. The van der Waals surface area contributed by atoms with Crippen molar-refractivity contribution in [1.29, 1.82) is 0 Å². The molecule has 0 radical (unpaired) electrons. The van der Waals surface area contributed by atoms with Gasteiger partial charge in [-0.2, -0.15) is 0 Å². The molecular formula is C15H15N. The van der Waals surface area contributed by atoms with Crippen LogP contribution in [0.1, 0.15) is 31.7 Å². The molecule has 1 heteroatoms. The van der Waals surface area contributed by atoms with Crippen LogP contribution in [0.15, 0.2) is 36.5 Å². The molecule has 0 saturated heterocycles. The molecule has 0 unspecified atom stereocenters. The molecule has 2 aromatic rings. The van der Waals surface area contributed by atoms with E-state index < -0.39 is 0 Å². The van der Waals surface area contributed by atoms with Crippen LogP contribution in [0.2, 0.25) is 0 Å². The molecule has 0 aliphatic carbocycles. The number of fused-ring (bicyclic) bond motifs is 1. The van der Waals surface area contributed by atoms with Gasteiger partial charge in [0.05, 0.1) is 5.52 Å². The van der Waals surface area contributed by atoms with Crippen LogP contribution in [-0.4, -0.2) is 4.98 Å². The highest BCUT2D eigenvalue weighted by Crippen LogP contribution is 2.11. The van der Waals surface area contributed by atoms with Gasteiger partial charge >= 0.3 is 0 Å². The second kappa shape index (κ2) is 5.32. The number of benzene rings is 1. The van der Waals surface area contributed by atoms with E-state index in [1.54, 1.807) is 0 Å². The number of hydrogen-bond acceptors (Lipinski definition) is 1. The molecule has 1 aromatic carbocycles. The van der Waals surface area contributed by atoms with Gasteiger partial charge in [0.25, 0.3) is 0 Å². The molecule has 0 N–H and O–H groups in total. The average molecular weight is 209 g/mol. The molecule has 0 atom stereocenters. The Hall–Kier alpha value is -1.81. The topological polar surface area (TPSA) is 12.9 Å². The Kier molecular flexibility index (Phi) is 3.56. The third-order valence-electron chi connectivity index (χ3n) is 2.48. The van der Waals surface area contributed by atoms with Crippen LogP contribution in [0.25, 0.3) is 10.9 Å². The van der Waals surface area contributed by atoms with Crippen LogP contribution in [0.4, 0.5) is 0 Å². The van der Waals surface area contributed by atoms with E-state index in [1.807, 2.05) is 24.4 Å². The van der Waals surface area contributed by atoms with Crippen molar-refractivity contribution in [2.45, 2.75) is 26.2 Å². The predicted octanol–water partition coefficient (Wildman–Crippen LogP) is 3.78. The Labute approximate surface area is 96.5 Å². The SMILES string of the molecule is CCCCC#Cc1cnc2ccccc2c1. The van der Waals surface area contributed by atoms with Gasteiger partial charge in [-0.05, 0) is 18.6 Å². The highest BCUT2D eigenvalue weighted by atomic mass is 14.6. The predicted molar refractivity (Wildman–Crippen MR) is 68.1 cm³/mol. The number of unbranched alkanes of at least 4 members (excludes halogenated alkanes) is 2. The lowest BCUT2D eigenvalue weighted by atomic mass is 10.1. The van der Waals surface area contributed by atoms with E-state index in [1.165, 1.54) is 12.8 Å². The molecule has 80 valence electrons. The molecule has 0 aliphatic rings.